The normalized spacial score (nSPS) is 12.5. The summed E-state index contributed by atoms with van der Waals surface area (Å²) >= 11 is 0. The van der Waals surface area contributed by atoms with E-state index in [1.165, 1.54) is 0 Å². The smallest absolute Gasteiger partial charge is 0.405 e. The minimum absolute atomic E-state index is 0.00957. The summed E-state index contributed by atoms with van der Waals surface area (Å²) in [6, 6.07) is -3.18. The zero-order valence-corrected chi connectivity index (χ0v) is 16.2. The summed E-state index contributed by atoms with van der Waals surface area (Å²) in [4.78, 5) is 57.1. The maximum atomic E-state index is 12.0. The molecule has 2 atom stereocenters. The monoisotopic (exact) mass is 404 g/mol. The number of hydrogen-bond acceptors (Lipinski definition) is 5. The van der Waals surface area contributed by atoms with Gasteiger partial charge in [0.1, 0.15) is 12.1 Å². The van der Waals surface area contributed by atoms with Crippen LogP contribution in [0.25, 0.3) is 0 Å². The average Bonchev–Trinajstić information content (AvgIpc) is 2.54. The van der Waals surface area contributed by atoms with E-state index in [0.29, 0.717) is 0 Å². The highest BCUT2D eigenvalue weighted by Crippen LogP contribution is 2.05. The lowest BCUT2D eigenvalue weighted by Crippen LogP contribution is -2.58. The van der Waals surface area contributed by atoms with Gasteiger partial charge in [0.05, 0.1) is 0 Å². The summed E-state index contributed by atoms with van der Waals surface area (Å²) < 4.78 is 0. The zero-order chi connectivity index (χ0) is 21.9. The first-order valence-electron chi connectivity index (χ1n) is 8.56. The molecule has 0 aromatic rings. The molecule has 8 N–H and O–H groups in total. The Morgan fingerprint density at radius 1 is 0.643 bits per heavy atom. The van der Waals surface area contributed by atoms with Gasteiger partial charge in [0.25, 0.3) is 11.8 Å². The lowest BCUT2D eigenvalue weighted by atomic mass is 10.0. The van der Waals surface area contributed by atoms with E-state index in [1.807, 2.05) is 32.3 Å². The minimum Gasteiger partial charge on any atom is -0.465 e. The molecule has 6 amide bonds. The van der Waals surface area contributed by atoms with Gasteiger partial charge in [-0.1, -0.05) is 27.7 Å². The topological polar surface area (TPSA) is 198 Å². The van der Waals surface area contributed by atoms with Crippen LogP contribution in [0.2, 0.25) is 0 Å². The van der Waals surface area contributed by atoms with Crippen molar-refractivity contribution >= 4 is 30.0 Å². The van der Waals surface area contributed by atoms with E-state index in [2.05, 4.69) is 0 Å². The standard InChI is InChI=1S/C15H28N6O7/c1-7(2)5-9(16-14(25)26)11(22)18-20-13(24)21-19-12(23)10(6-8(3)4)17-15(27)28/h7-10,16-17H,5-6H2,1-4H3,(H,18,22)(H,19,23)(H,25,26)(H,27,28)(H2,20,21,24). The highest BCUT2D eigenvalue weighted by molar-refractivity contribution is 5.89. The molecule has 0 saturated heterocycles. The number of urea groups is 1. The van der Waals surface area contributed by atoms with Crippen LogP contribution >= 0.6 is 0 Å². The fourth-order valence-corrected chi connectivity index (χ4v) is 2.15. The highest BCUT2D eigenvalue weighted by Gasteiger charge is 2.23. The van der Waals surface area contributed by atoms with E-state index in [0.717, 1.165) is 0 Å². The number of carbonyl (C=O) groups excluding carboxylic acids is 3. The molecule has 0 fully saturated rings. The first-order chi connectivity index (χ1) is 12.9. The van der Waals surface area contributed by atoms with Crippen molar-refractivity contribution in [2.24, 2.45) is 11.8 Å². The number of carboxylic acid groups (broad SMARTS) is 2. The third kappa shape index (κ3) is 11.4. The molecule has 0 bridgehead atoms. The Hall–Kier alpha value is -3.25. The number of nitrogens with one attached hydrogen (secondary N) is 6. The van der Waals surface area contributed by atoms with Crippen molar-refractivity contribution in [3.05, 3.63) is 0 Å². The van der Waals surface area contributed by atoms with E-state index in [1.54, 1.807) is 27.7 Å². The maximum Gasteiger partial charge on any atom is 0.405 e. The predicted octanol–water partition coefficient (Wildman–Crippen LogP) is -0.287. The van der Waals surface area contributed by atoms with Gasteiger partial charge in [-0.2, -0.15) is 0 Å². The van der Waals surface area contributed by atoms with Gasteiger partial charge in [-0.3, -0.25) is 20.4 Å². The first-order valence-corrected chi connectivity index (χ1v) is 8.56. The molecule has 0 heterocycles. The molecule has 0 aromatic heterocycles. The van der Waals surface area contributed by atoms with Crippen molar-refractivity contribution in [1.82, 2.24) is 32.3 Å². The van der Waals surface area contributed by atoms with Gasteiger partial charge < -0.3 is 20.8 Å². The van der Waals surface area contributed by atoms with Crippen LogP contribution in [-0.2, 0) is 9.59 Å². The van der Waals surface area contributed by atoms with Crippen molar-refractivity contribution < 1.29 is 34.2 Å². The van der Waals surface area contributed by atoms with E-state index in [-0.39, 0.29) is 24.7 Å². The van der Waals surface area contributed by atoms with Crippen LogP contribution in [0.15, 0.2) is 0 Å². The van der Waals surface area contributed by atoms with E-state index in [9.17, 15) is 24.0 Å². The number of amides is 6. The maximum absolute atomic E-state index is 12.0. The van der Waals surface area contributed by atoms with Crippen LogP contribution in [0.3, 0.4) is 0 Å². The van der Waals surface area contributed by atoms with Crippen LogP contribution in [0.4, 0.5) is 14.4 Å². The Morgan fingerprint density at radius 2 is 0.964 bits per heavy atom. The van der Waals surface area contributed by atoms with Gasteiger partial charge in [0.15, 0.2) is 0 Å². The highest BCUT2D eigenvalue weighted by atomic mass is 16.4. The summed E-state index contributed by atoms with van der Waals surface area (Å²) in [7, 11) is 0. The number of hydrazine groups is 2. The molecule has 0 spiro atoms. The predicted molar refractivity (Wildman–Crippen MR) is 96.8 cm³/mol. The van der Waals surface area contributed by atoms with Crippen molar-refractivity contribution in [2.45, 2.75) is 52.6 Å². The van der Waals surface area contributed by atoms with Crippen molar-refractivity contribution in [3.8, 4) is 0 Å². The molecule has 2 unspecified atom stereocenters. The van der Waals surface area contributed by atoms with Crippen LogP contribution in [0, 0.1) is 11.8 Å². The van der Waals surface area contributed by atoms with E-state index < -0.39 is 42.1 Å². The summed E-state index contributed by atoms with van der Waals surface area (Å²) in [5, 5.41) is 21.6. The fraction of sp³-hybridized carbons (Fsp3) is 0.667. The van der Waals surface area contributed by atoms with Crippen LogP contribution in [0.1, 0.15) is 40.5 Å². The third-order valence-corrected chi connectivity index (χ3v) is 3.24. The Balaban J connectivity index is 4.55. The van der Waals surface area contributed by atoms with Gasteiger partial charge in [-0.25, -0.2) is 25.2 Å². The van der Waals surface area contributed by atoms with Gasteiger partial charge in [-0.05, 0) is 24.7 Å². The molecule has 0 aliphatic carbocycles. The third-order valence-electron chi connectivity index (χ3n) is 3.24. The minimum atomic E-state index is -1.39. The Labute approximate surface area is 161 Å². The molecule has 28 heavy (non-hydrogen) atoms. The zero-order valence-electron chi connectivity index (χ0n) is 16.2. The summed E-state index contributed by atoms with van der Waals surface area (Å²) in [5.41, 5.74) is 7.95. The second-order valence-electron chi connectivity index (χ2n) is 6.82. The second kappa shape index (κ2) is 12.2. The number of hydrogen-bond donors (Lipinski definition) is 8. The molecule has 0 rings (SSSR count). The molecular formula is C15H28N6O7. The van der Waals surface area contributed by atoms with Crippen molar-refractivity contribution in [3.63, 3.8) is 0 Å². The van der Waals surface area contributed by atoms with Crippen molar-refractivity contribution in [2.75, 3.05) is 0 Å². The van der Waals surface area contributed by atoms with Gasteiger partial charge in [0, 0.05) is 0 Å². The molecule has 0 aliphatic heterocycles. The van der Waals surface area contributed by atoms with E-state index >= 15 is 0 Å². The van der Waals surface area contributed by atoms with Gasteiger partial charge >= 0.3 is 18.2 Å². The summed E-state index contributed by atoms with van der Waals surface area (Å²) in [6.07, 6.45) is -2.37. The number of carbonyl (C=O) groups is 5. The van der Waals surface area contributed by atoms with Crippen LogP contribution in [0.5, 0.6) is 0 Å². The first kappa shape index (κ1) is 24.8. The largest absolute Gasteiger partial charge is 0.465 e. The lowest BCUT2D eigenvalue weighted by Gasteiger charge is -2.20. The average molecular weight is 404 g/mol. The fourth-order valence-electron chi connectivity index (χ4n) is 2.15. The van der Waals surface area contributed by atoms with Crippen LogP contribution < -0.4 is 32.3 Å². The molecule has 160 valence electrons. The molecule has 0 aromatic carbocycles. The molecule has 13 nitrogen and oxygen atoms in total. The summed E-state index contributed by atoms with van der Waals surface area (Å²) in [6.45, 7) is 7.16. The molecule has 0 aliphatic rings. The van der Waals surface area contributed by atoms with Gasteiger partial charge in [0.2, 0.25) is 0 Å². The molecule has 13 heteroatoms. The Morgan fingerprint density at radius 3 is 1.21 bits per heavy atom. The van der Waals surface area contributed by atoms with Crippen LogP contribution in [-0.4, -0.2) is 52.3 Å². The second-order valence-corrected chi connectivity index (χ2v) is 6.82. The summed E-state index contributed by atoms with van der Waals surface area (Å²) in [5.74, 6) is -1.56. The molecule has 0 saturated carbocycles. The molecular weight excluding hydrogens is 376 g/mol. The quantitative estimate of drug-likeness (QED) is 0.254. The molecule has 0 radical (unpaired) electrons. The number of rotatable bonds is 8. The van der Waals surface area contributed by atoms with Crippen molar-refractivity contribution in [1.29, 1.82) is 0 Å². The van der Waals surface area contributed by atoms with Gasteiger partial charge in [-0.15, -0.1) is 0 Å². The SMILES string of the molecule is CC(C)CC(NC(=O)O)C(=O)NNC(=O)NNC(=O)C(CC(C)C)NC(=O)O. The Kier molecular flexibility index (Phi) is 10.8. The Bertz CT molecular complexity index is 533. The van der Waals surface area contributed by atoms with E-state index in [4.69, 9.17) is 10.2 Å². The lowest BCUT2D eigenvalue weighted by molar-refractivity contribution is -0.124.